The summed E-state index contributed by atoms with van der Waals surface area (Å²) in [6.07, 6.45) is 4.88. The molecular weight excluding hydrogens is 336 g/mol. The maximum absolute atomic E-state index is 12.9. The van der Waals surface area contributed by atoms with Crippen LogP contribution in [0.5, 0.6) is 0 Å². The van der Waals surface area contributed by atoms with Crippen molar-refractivity contribution in [2.45, 2.75) is 45.2 Å². The van der Waals surface area contributed by atoms with Crippen LogP contribution in [-0.4, -0.2) is 72.5 Å². The van der Waals surface area contributed by atoms with Crippen LogP contribution in [0.25, 0.3) is 0 Å². The molecule has 3 aliphatic rings. The van der Waals surface area contributed by atoms with E-state index in [1.54, 1.807) is 0 Å². The second-order valence-electron chi connectivity index (χ2n) is 8.42. The number of nitrogens with zero attached hydrogens (tertiary/aromatic N) is 3. The maximum Gasteiger partial charge on any atom is 0.242 e. The van der Waals surface area contributed by atoms with Crippen molar-refractivity contribution in [2.24, 2.45) is 5.92 Å². The van der Waals surface area contributed by atoms with Gasteiger partial charge in [0, 0.05) is 38.4 Å². The Morgan fingerprint density at radius 2 is 1.63 bits per heavy atom. The van der Waals surface area contributed by atoms with Gasteiger partial charge >= 0.3 is 0 Å². The Morgan fingerprint density at radius 3 is 2.22 bits per heavy atom. The van der Waals surface area contributed by atoms with E-state index < -0.39 is 0 Å². The van der Waals surface area contributed by atoms with Crippen molar-refractivity contribution >= 4 is 11.6 Å². The second kappa shape index (κ2) is 8.72. The quantitative estimate of drug-likeness (QED) is 0.801. The first-order valence-corrected chi connectivity index (χ1v) is 10.8. The molecule has 5 nitrogen and oxygen atoms in total. The number of carbonyl (C=O) groups excluding carboxylic acids is 1. The summed E-state index contributed by atoms with van der Waals surface area (Å²) in [4.78, 5) is 20.3. The first kappa shape index (κ1) is 18.9. The van der Waals surface area contributed by atoms with Gasteiger partial charge in [0.05, 0.1) is 6.04 Å². The number of likely N-dealkylation sites (tertiary alicyclic amines) is 1. The minimum atomic E-state index is 0.0852. The number of likely N-dealkylation sites (N-methyl/N-ethyl adjacent to an activating group) is 1. The molecule has 1 unspecified atom stereocenters. The van der Waals surface area contributed by atoms with Crippen molar-refractivity contribution in [3.05, 3.63) is 29.8 Å². The topological polar surface area (TPSA) is 38.8 Å². The van der Waals surface area contributed by atoms with E-state index >= 15 is 0 Å². The molecule has 0 aromatic heterocycles. The number of amides is 1. The van der Waals surface area contributed by atoms with Gasteiger partial charge in [0.1, 0.15) is 0 Å². The molecule has 2 saturated heterocycles. The standard InChI is InChI=1S/C22H34N4O/c1-2-24-13-15-25(16-14-24)17-18-5-9-20(10-6-18)23-22(27)21(19-7-8-19)26-11-3-4-12-26/h5-6,9-10,19,21H,2-4,7-8,11-17H2,1H3,(H,23,27). The van der Waals surface area contributed by atoms with E-state index in [4.69, 9.17) is 0 Å². The Hall–Kier alpha value is -1.43. The molecule has 0 radical (unpaired) electrons. The Balaban J connectivity index is 1.30. The molecule has 27 heavy (non-hydrogen) atoms. The number of piperazine rings is 1. The summed E-state index contributed by atoms with van der Waals surface area (Å²) < 4.78 is 0. The number of anilines is 1. The summed E-state index contributed by atoms with van der Waals surface area (Å²) in [5.74, 6) is 0.770. The molecule has 1 saturated carbocycles. The maximum atomic E-state index is 12.9. The molecule has 5 heteroatoms. The van der Waals surface area contributed by atoms with E-state index in [0.29, 0.717) is 5.92 Å². The van der Waals surface area contributed by atoms with Gasteiger partial charge in [0.2, 0.25) is 5.91 Å². The van der Waals surface area contributed by atoms with Crippen LogP contribution < -0.4 is 5.32 Å². The Kier molecular flexibility index (Phi) is 6.11. The molecule has 0 spiro atoms. The van der Waals surface area contributed by atoms with Crippen LogP contribution in [0, 0.1) is 5.92 Å². The van der Waals surface area contributed by atoms with Gasteiger partial charge in [0.25, 0.3) is 0 Å². The highest BCUT2D eigenvalue weighted by Gasteiger charge is 2.40. The lowest BCUT2D eigenvalue weighted by molar-refractivity contribution is -0.121. The lowest BCUT2D eigenvalue weighted by Gasteiger charge is -2.34. The molecule has 1 amide bonds. The van der Waals surface area contributed by atoms with E-state index in [1.165, 1.54) is 44.3 Å². The lowest BCUT2D eigenvalue weighted by Crippen LogP contribution is -2.45. The van der Waals surface area contributed by atoms with Crippen LogP contribution in [0.15, 0.2) is 24.3 Å². The van der Waals surface area contributed by atoms with Crippen LogP contribution in [0.3, 0.4) is 0 Å². The van der Waals surface area contributed by atoms with Gasteiger partial charge in [-0.2, -0.15) is 0 Å². The van der Waals surface area contributed by atoms with Gasteiger partial charge in [-0.05, 0) is 68.9 Å². The Labute approximate surface area is 163 Å². The second-order valence-corrected chi connectivity index (χ2v) is 8.42. The summed E-state index contributed by atoms with van der Waals surface area (Å²) in [5.41, 5.74) is 2.26. The van der Waals surface area contributed by atoms with E-state index in [9.17, 15) is 4.79 Å². The van der Waals surface area contributed by atoms with Crippen LogP contribution in [0.2, 0.25) is 0 Å². The highest BCUT2D eigenvalue weighted by molar-refractivity contribution is 5.95. The molecule has 1 aromatic rings. The molecule has 148 valence electrons. The first-order chi connectivity index (χ1) is 13.2. The van der Waals surface area contributed by atoms with Gasteiger partial charge in [-0.25, -0.2) is 0 Å². The molecule has 1 atom stereocenters. The smallest absolute Gasteiger partial charge is 0.242 e. The molecule has 0 bridgehead atoms. The molecular formula is C22H34N4O. The third-order valence-corrected chi connectivity index (χ3v) is 6.41. The fourth-order valence-electron chi connectivity index (χ4n) is 4.54. The van der Waals surface area contributed by atoms with Crippen molar-refractivity contribution < 1.29 is 4.79 Å². The summed E-state index contributed by atoms with van der Waals surface area (Å²) in [6.45, 7) is 11.2. The molecule has 1 aromatic carbocycles. The number of hydrogen-bond acceptors (Lipinski definition) is 4. The summed E-state index contributed by atoms with van der Waals surface area (Å²) in [7, 11) is 0. The van der Waals surface area contributed by atoms with Gasteiger partial charge < -0.3 is 10.2 Å². The molecule has 3 fully saturated rings. The highest BCUT2D eigenvalue weighted by atomic mass is 16.2. The molecule has 1 aliphatic carbocycles. The zero-order chi connectivity index (χ0) is 18.6. The van der Waals surface area contributed by atoms with Crippen LogP contribution in [-0.2, 0) is 11.3 Å². The predicted octanol–water partition coefficient (Wildman–Crippen LogP) is 2.64. The number of hydrogen-bond donors (Lipinski definition) is 1. The fraction of sp³-hybridized carbons (Fsp3) is 0.682. The first-order valence-electron chi connectivity index (χ1n) is 10.8. The van der Waals surface area contributed by atoms with Crippen molar-refractivity contribution in [3.63, 3.8) is 0 Å². The average molecular weight is 371 g/mol. The fourth-order valence-corrected chi connectivity index (χ4v) is 4.54. The van der Waals surface area contributed by atoms with Crippen molar-refractivity contribution in [3.8, 4) is 0 Å². The third kappa shape index (κ3) is 4.89. The van der Waals surface area contributed by atoms with Gasteiger partial charge in [-0.1, -0.05) is 19.1 Å². The van der Waals surface area contributed by atoms with Crippen molar-refractivity contribution in [2.75, 3.05) is 51.1 Å². The molecule has 4 rings (SSSR count). The van der Waals surface area contributed by atoms with Crippen LogP contribution in [0.4, 0.5) is 5.69 Å². The van der Waals surface area contributed by atoms with Gasteiger partial charge in [0.15, 0.2) is 0 Å². The minimum absolute atomic E-state index is 0.0852. The summed E-state index contributed by atoms with van der Waals surface area (Å²) in [6, 6.07) is 8.57. The summed E-state index contributed by atoms with van der Waals surface area (Å²) >= 11 is 0. The number of carbonyl (C=O) groups is 1. The lowest BCUT2D eigenvalue weighted by atomic mass is 10.1. The zero-order valence-electron chi connectivity index (χ0n) is 16.7. The van der Waals surface area contributed by atoms with E-state index in [1.807, 2.05) is 0 Å². The number of rotatable bonds is 7. The summed E-state index contributed by atoms with van der Waals surface area (Å²) in [5, 5.41) is 3.18. The Morgan fingerprint density at radius 1 is 1.00 bits per heavy atom. The van der Waals surface area contributed by atoms with Crippen LogP contribution in [0.1, 0.15) is 38.2 Å². The molecule has 1 N–H and O–H groups in total. The predicted molar refractivity (Wildman–Crippen MR) is 110 cm³/mol. The third-order valence-electron chi connectivity index (χ3n) is 6.41. The normalized spacial score (nSPS) is 23.4. The SMILES string of the molecule is CCN1CCN(Cc2ccc(NC(=O)C(C3CC3)N3CCCC3)cc2)CC1. The number of nitrogens with one attached hydrogen (secondary N) is 1. The van der Waals surface area contributed by atoms with E-state index in [0.717, 1.165) is 45.0 Å². The average Bonchev–Trinajstić information content (AvgIpc) is 3.37. The highest BCUT2D eigenvalue weighted by Crippen LogP contribution is 2.37. The van der Waals surface area contributed by atoms with Crippen molar-refractivity contribution in [1.82, 2.24) is 14.7 Å². The van der Waals surface area contributed by atoms with Crippen molar-refractivity contribution in [1.29, 1.82) is 0 Å². The van der Waals surface area contributed by atoms with E-state index in [-0.39, 0.29) is 11.9 Å². The molecule has 2 heterocycles. The zero-order valence-corrected chi connectivity index (χ0v) is 16.7. The largest absolute Gasteiger partial charge is 0.325 e. The monoisotopic (exact) mass is 370 g/mol. The number of benzene rings is 1. The van der Waals surface area contributed by atoms with Gasteiger partial charge in [-0.15, -0.1) is 0 Å². The Bertz CT molecular complexity index is 614. The molecule has 2 aliphatic heterocycles. The van der Waals surface area contributed by atoms with Gasteiger partial charge in [-0.3, -0.25) is 14.6 Å². The van der Waals surface area contributed by atoms with Crippen LogP contribution >= 0.6 is 0 Å². The minimum Gasteiger partial charge on any atom is -0.325 e. The van der Waals surface area contributed by atoms with E-state index in [2.05, 4.69) is 51.2 Å².